The molecule has 28 heavy (non-hydrogen) atoms. The zero-order valence-corrected chi connectivity index (χ0v) is 16.2. The molecule has 0 atom stereocenters. The minimum Gasteiger partial charge on any atom is -0.267 e. The molecule has 0 aliphatic carbocycles. The molecule has 10 heteroatoms. The number of sulfonamides is 1. The summed E-state index contributed by atoms with van der Waals surface area (Å²) in [4.78, 5) is 32.2. The van der Waals surface area contributed by atoms with Crippen molar-refractivity contribution in [2.45, 2.75) is 31.1 Å². The van der Waals surface area contributed by atoms with Crippen LogP contribution in [0, 0.1) is 6.92 Å². The number of hydrazine groups is 1. The Labute approximate surface area is 163 Å². The standard InChI is InChI=1S/C18H21N5O4S/c1-13-11-20-16(12-19-13)18(25)22-21-17(24)14-6-5-7-15(10-14)28(26,27)23-8-3-2-4-9-23/h5-7,10-12H,2-4,8-9H2,1H3,(H,21,24)(H,22,25). The lowest BCUT2D eigenvalue weighted by Crippen LogP contribution is -2.42. The fourth-order valence-electron chi connectivity index (χ4n) is 2.81. The molecule has 9 nitrogen and oxygen atoms in total. The van der Waals surface area contributed by atoms with Gasteiger partial charge >= 0.3 is 0 Å². The van der Waals surface area contributed by atoms with Gasteiger partial charge in [0, 0.05) is 24.8 Å². The first-order chi connectivity index (χ1) is 13.4. The maximum absolute atomic E-state index is 12.7. The third-order valence-electron chi connectivity index (χ3n) is 4.35. The Balaban J connectivity index is 1.68. The van der Waals surface area contributed by atoms with Gasteiger partial charge in [0.1, 0.15) is 5.69 Å². The molecule has 0 radical (unpaired) electrons. The van der Waals surface area contributed by atoms with E-state index in [2.05, 4.69) is 20.8 Å². The van der Waals surface area contributed by atoms with Gasteiger partial charge < -0.3 is 0 Å². The van der Waals surface area contributed by atoms with E-state index >= 15 is 0 Å². The van der Waals surface area contributed by atoms with Crippen LogP contribution in [0.5, 0.6) is 0 Å². The molecule has 2 aromatic rings. The Kier molecular flexibility index (Phi) is 6.00. The largest absolute Gasteiger partial charge is 0.289 e. The molecule has 2 N–H and O–H groups in total. The molecule has 0 unspecified atom stereocenters. The summed E-state index contributed by atoms with van der Waals surface area (Å²) >= 11 is 0. The average Bonchev–Trinajstić information content (AvgIpc) is 2.73. The first-order valence-electron chi connectivity index (χ1n) is 8.87. The number of carbonyl (C=O) groups is 2. The Morgan fingerprint density at radius 1 is 1.00 bits per heavy atom. The minimum absolute atomic E-state index is 0.0485. The third kappa shape index (κ3) is 4.52. The van der Waals surface area contributed by atoms with Crippen molar-refractivity contribution in [3.63, 3.8) is 0 Å². The SMILES string of the molecule is Cc1cnc(C(=O)NNC(=O)c2cccc(S(=O)(=O)N3CCCCC3)c2)cn1. The fraction of sp³-hybridized carbons (Fsp3) is 0.333. The number of hydrogen-bond acceptors (Lipinski definition) is 6. The van der Waals surface area contributed by atoms with Crippen molar-refractivity contribution in [3.8, 4) is 0 Å². The highest BCUT2D eigenvalue weighted by Crippen LogP contribution is 2.21. The number of amides is 2. The van der Waals surface area contributed by atoms with Crippen LogP contribution in [-0.2, 0) is 10.0 Å². The number of aryl methyl sites for hydroxylation is 1. The Morgan fingerprint density at radius 3 is 2.39 bits per heavy atom. The molecule has 0 bridgehead atoms. The van der Waals surface area contributed by atoms with E-state index < -0.39 is 21.8 Å². The molecule has 1 aromatic carbocycles. The van der Waals surface area contributed by atoms with Gasteiger partial charge in [-0.15, -0.1) is 0 Å². The number of aromatic nitrogens is 2. The van der Waals surface area contributed by atoms with Crippen molar-refractivity contribution in [1.82, 2.24) is 25.1 Å². The highest BCUT2D eigenvalue weighted by atomic mass is 32.2. The van der Waals surface area contributed by atoms with E-state index in [4.69, 9.17) is 0 Å². The number of rotatable bonds is 4. The van der Waals surface area contributed by atoms with Crippen molar-refractivity contribution in [1.29, 1.82) is 0 Å². The van der Waals surface area contributed by atoms with E-state index in [-0.39, 0.29) is 16.2 Å². The van der Waals surface area contributed by atoms with Crippen LogP contribution < -0.4 is 10.9 Å². The summed E-state index contributed by atoms with van der Waals surface area (Å²) in [6, 6.07) is 5.74. The molecular formula is C18H21N5O4S. The van der Waals surface area contributed by atoms with Crippen LogP contribution in [0.2, 0.25) is 0 Å². The molecule has 1 aliphatic rings. The smallest absolute Gasteiger partial charge is 0.267 e. The number of piperidine rings is 1. The van der Waals surface area contributed by atoms with Crippen LogP contribution in [-0.4, -0.2) is 47.6 Å². The third-order valence-corrected chi connectivity index (χ3v) is 6.25. The molecule has 3 rings (SSSR count). The van der Waals surface area contributed by atoms with Gasteiger partial charge in [-0.2, -0.15) is 4.31 Å². The summed E-state index contributed by atoms with van der Waals surface area (Å²) in [5.74, 6) is -1.26. The second-order valence-corrected chi connectivity index (χ2v) is 8.38. The topological polar surface area (TPSA) is 121 Å². The molecule has 1 fully saturated rings. The fourth-order valence-corrected chi connectivity index (χ4v) is 4.38. The first-order valence-corrected chi connectivity index (χ1v) is 10.3. The van der Waals surface area contributed by atoms with E-state index in [0.717, 1.165) is 19.3 Å². The molecule has 0 saturated carbocycles. The zero-order valence-electron chi connectivity index (χ0n) is 15.4. The lowest BCUT2D eigenvalue weighted by molar-refractivity contribution is 0.0843. The van der Waals surface area contributed by atoms with E-state index in [1.165, 1.54) is 41.0 Å². The van der Waals surface area contributed by atoms with Crippen molar-refractivity contribution < 1.29 is 18.0 Å². The minimum atomic E-state index is -3.65. The van der Waals surface area contributed by atoms with Gasteiger partial charge in [0.15, 0.2) is 0 Å². The number of hydrogen-bond donors (Lipinski definition) is 2. The monoisotopic (exact) mass is 403 g/mol. The first kappa shape index (κ1) is 19.9. The van der Waals surface area contributed by atoms with Crippen molar-refractivity contribution >= 4 is 21.8 Å². The molecule has 2 heterocycles. The van der Waals surface area contributed by atoms with Gasteiger partial charge in [0.2, 0.25) is 10.0 Å². The van der Waals surface area contributed by atoms with E-state index in [0.29, 0.717) is 18.8 Å². The van der Waals surface area contributed by atoms with Gasteiger partial charge in [0.05, 0.1) is 16.8 Å². The lowest BCUT2D eigenvalue weighted by atomic mass is 10.2. The molecule has 2 amide bonds. The maximum atomic E-state index is 12.7. The summed E-state index contributed by atoms with van der Waals surface area (Å²) in [7, 11) is -3.65. The second-order valence-electron chi connectivity index (χ2n) is 6.44. The predicted octanol–water partition coefficient (Wildman–Crippen LogP) is 1.03. The summed E-state index contributed by atoms with van der Waals surface area (Å²) in [6.07, 6.45) is 5.40. The van der Waals surface area contributed by atoms with Crippen molar-refractivity contribution in [3.05, 3.63) is 53.6 Å². The van der Waals surface area contributed by atoms with E-state index in [1.54, 1.807) is 6.92 Å². The van der Waals surface area contributed by atoms with Gasteiger partial charge in [-0.05, 0) is 38.0 Å². The molecular weight excluding hydrogens is 382 g/mol. The summed E-state index contributed by atoms with van der Waals surface area (Å²) < 4.78 is 26.9. The Bertz CT molecular complexity index is 970. The molecule has 1 saturated heterocycles. The lowest BCUT2D eigenvalue weighted by Gasteiger charge is -2.26. The highest BCUT2D eigenvalue weighted by Gasteiger charge is 2.26. The van der Waals surface area contributed by atoms with Crippen molar-refractivity contribution in [2.75, 3.05) is 13.1 Å². The van der Waals surface area contributed by atoms with Crippen LogP contribution in [0.25, 0.3) is 0 Å². The van der Waals surface area contributed by atoms with Gasteiger partial charge in [0.25, 0.3) is 11.8 Å². The molecule has 0 spiro atoms. The molecule has 1 aromatic heterocycles. The number of carbonyl (C=O) groups excluding carboxylic acids is 2. The number of nitrogens with one attached hydrogen (secondary N) is 2. The van der Waals surface area contributed by atoms with Gasteiger partial charge in [-0.25, -0.2) is 13.4 Å². The molecule has 1 aliphatic heterocycles. The van der Waals surface area contributed by atoms with Crippen LogP contribution in [0.3, 0.4) is 0 Å². The zero-order chi connectivity index (χ0) is 20.1. The van der Waals surface area contributed by atoms with Crippen LogP contribution in [0.1, 0.15) is 45.8 Å². The maximum Gasteiger partial charge on any atom is 0.289 e. The van der Waals surface area contributed by atoms with Crippen LogP contribution >= 0.6 is 0 Å². The highest BCUT2D eigenvalue weighted by molar-refractivity contribution is 7.89. The summed E-state index contributed by atoms with van der Waals surface area (Å²) in [5, 5.41) is 0. The van der Waals surface area contributed by atoms with Crippen LogP contribution in [0.15, 0.2) is 41.6 Å². The van der Waals surface area contributed by atoms with Gasteiger partial charge in [-0.3, -0.25) is 25.4 Å². The van der Waals surface area contributed by atoms with Crippen LogP contribution in [0.4, 0.5) is 0 Å². The average molecular weight is 403 g/mol. The predicted molar refractivity (Wildman–Crippen MR) is 101 cm³/mol. The van der Waals surface area contributed by atoms with Crippen molar-refractivity contribution in [2.24, 2.45) is 0 Å². The number of nitrogens with zero attached hydrogens (tertiary/aromatic N) is 3. The quantitative estimate of drug-likeness (QED) is 0.736. The Hall–Kier alpha value is -2.85. The van der Waals surface area contributed by atoms with Gasteiger partial charge in [-0.1, -0.05) is 12.5 Å². The second kappa shape index (κ2) is 8.44. The Morgan fingerprint density at radius 2 is 1.71 bits per heavy atom. The number of benzene rings is 1. The van der Waals surface area contributed by atoms with E-state index in [9.17, 15) is 18.0 Å². The normalized spacial score (nSPS) is 15.0. The summed E-state index contributed by atoms with van der Waals surface area (Å²) in [5.41, 5.74) is 5.32. The van der Waals surface area contributed by atoms with E-state index in [1.807, 2.05) is 0 Å². The summed E-state index contributed by atoms with van der Waals surface area (Å²) in [6.45, 7) is 2.69. The molecule has 148 valence electrons.